The summed E-state index contributed by atoms with van der Waals surface area (Å²) in [5.74, 6) is 5.34. The van der Waals surface area contributed by atoms with E-state index in [1.54, 1.807) is 0 Å². The van der Waals surface area contributed by atoms with E-state index in [2.05, 4.69) is 46.7 Å². The summed E-state index contributed by atoms with van der Waals surface area (Å²) < 4.78 is 0. The number of piperidine rings is 1. The minimum absolute atomic E-state index is 0.212. The number of anilines is 1. The van der Waals surface area contributed by atoms with E-state index in [1.165, 1.54) is 47.8 Å². The lowest BCUT2D eigenvalue weighted by molar-refractivity contribution is 0.321. The fraction of sp³-hybridized carbons (Fsp3) is 0.364. The van der Waals surface area contributed by atoms with Crippen LogP contribution < -0.4 is 21.9 Å². The van der Waals surface area contributed by atoms with Crippen LogP contribution in [0, 0.1) is 0 Å². The van der Waals surface area contributed by atoms with Crippen LogP contribution in [0.3, 0.4) is 0 Å². The molecule has 0 spiro atoms. The van der Waals surface area contributed by atoms with E-state index >= 15 is 0 Å². The molecule has 1 aliphatic heterocycles. The Morgan fingerprint density at radius 2 is 1.50 bits per heavy atom. The normalized spacial score (nSPS) is 14.6. The maximum absolute atomic E-state index is 9.19. The molecule has 0 unspecified atom stereocenters. The van der Waals surface area contributed by atoms with Crippen LogP contribution in [-0.2, 0) is 0 Å². The van der Waals surface area contributed by atoms with E-state index in [-0.39, 0.29) is 6.61 Å². The maximum Gasteiger partial charge on any atom is 0.0935 e. The maximum atomic E-state index is 9.19. The monoisotopic (exact) mass is 400 g/mol. The van der Waals surface area contributed by atoms with E-state index in [4.69, 9.17) is 11.6 Å². The lowest BCUT2D eigenvalue weighted by atomic mass is 10.0. The number of nitrogens with two attached hydrogens (primary N) is 2. The summed E-state index contributed by atoms with van der Waals surface area (Å²) in [4.78, 5) is 3.46. The summed E-state index contributed by atoms with van der Waals surface area (Å²) in [5.41, 5.74) is 12.5. The third kappa shape index (κ3) is 5.92. The predicted octanol–water partition coefficient (Wildman–Crippen LogP) is 4.05. The number of hydrogen-bond acceptors (Lipinski definition) is 6. The third-order valence-corrected chi connectivity index (χ3v) is 5.61. The van der Waals surface area contributed by atoms with Gasteiger partial charge in [0.05, 0.1) is 17.3 Å². The second-order valence-electron chi connectivity index (χ2n) is 6.37. The van der Waals surface area contributed by atoms with Crippen LogP contribution in [0.15, 0.2) is 64.2 Å². The zero-order chi connectivity index (χ0) is 20.4. The number of rotatable bonds is 6. The summed E-state index contributed by atoms with van der Waals surface area (Å²) in [6.07, 6.45) is 3.92. The second-order valence-corrected chi connectivity index (χ2v) is 7.48. The molecule has 2 aromatic carbocycles. The Bertz CT molecular complexity index is 732. The molecule has 28 heavy (non-hydrogen) atoms. The first kappa shape index (κ1) is 22.1. The van der Waals surface area contributed by atoms with Crippen molar-refractivity contribution in [1.29, 1.82) is 0 Å². The highest BCUT2D eigenvalue weighted by Crippen LogP contribution is 2.29. The first-order valence-corrected chi connectivity index (χ1v) is 10.7. The molecular formula is C22H32N4OS. The molecule has 0 saturated carbocycles. The zero-order valence-electron chi connectivity index (χ0n) is 16.8. The Balaban J connectivity index is 0.00000136. The van der Waals surface area contributed by atoms with Gasteiger partial charge in [0.15, 0.2) is 0 Å². The van der Waals surface area contributed by atoms with Gasteiger partial charge in [-0.05, 0) is 54.7 Å². The van der Waals surface area contributed by atoms with Crippen molar-refractivity contribution in [2.24, 2.45) is 11.6 Å². The van der Waals surface area contributed by atoms with Gasteiger partial charge in [-0.15, -0.1) is 0 Å². The van der Waals surface area contributed by atoms with Crippen molar-refractivity contribution in [2.45, 2.75) is 38.0 Å². The van der Waals surface area contributed by atoms with Crippen LogP contribution in [0.4, 0.5) is 5.69 Å². The average Bonchev–Trinajstić information content (AvgIpc) is 2.77. The Morgan fingerprint density at radius 3 is 2.00 bits per heavy atom. The van der Waals surface area contributed by atoms with Gasteiger partial charge >= 0.3 is 0 Å². The first-order valence-electron chi connectivity index (χ1n) is 9.90. The van der Waals surface area contributed by atoms with Crippen LogP contribution in [0.25, 0.3) is 11.1 Å². The molecule has 0 aromatic heterocycles. The van der Waals surface area contributed by atoms with Gasteiger partial charge in [-0.25, -0.2) is 0 Å². The van der Waals surface area contributed by atoms with E-state index in [1.807, 2.05) is 26.0 Å². The van der Waals surface area contributed by atoms with Crippen LogP contribution >= 0.6 is 11.8 Å². The number of nitrogens with zero attached hydrogens (tertiary/aromatic N) is 1. The predicted molar refractivity (Wildman–Crippen MR) is 121 cm³/mol. The van der Waals surface area contributed by atoms with Crippen molar-refractivity contribution in [3.05, 3.63) is 59.3 Å². The second kappa shape index (κ2) is 11.6. The highest BCUT2D eigenvalue weighted by atomic mass is 32.2. The molecule has 1 fully saturated rings. The highest BCUT2D eigenvalue weighted by Gasteiger charge is 2.11. The zero-order valence-corrected chi connectivity index (χ0v) is 17.6. The molecule has 1 saturated heterocycles. The van der Waals surface area contributed by atoms with Gasteiger partial charge in [-0.3, -0.25) is 5.84 Å². The first-order chi connectivity index (χ1) is 13.7. The number of hydrazine groups is 1. The van der Waals surface area contributed by atoms with Crippen LogP contribution in [0.5, 0.6) is 0 Å². The third-order valence-electron chi connectivity index (χ3n) is 4.63. The topological polar surface area (TPSA) is 87.5 Å². The van der Waals surface area contributed by atoms with Crippen LogP contribution in [0.2, 0.25) is 0 Å². The van der Waals surface area contributed by atoms with Gasteiger partial charge in [0.25, 0.3) is 0 Å². The average molecular weight is 401 g/mol. The quantitative estimate of drug-likeness (QED) is 0.332. The molecule has 0 aliphatic carbocycles. The van der Waals surface area contributed by atoms with E-state index in [9.17, 15) is 5.11 Å². The Hall–Kier alpha value is -2.15. The van der Waals surface area contributed by atoms with E-state index in [0.717, 1.165) is 18.0 Å². The Kier molecular flexibility index (Phi) is 9.20. The molecule has 152 valence electrons. The molecule has 6 N–H and O–H groups in total. The molecule has 6 heteroatoms. The van der Waals surface area contributed by atoms with Gasteiger partial charge in [0, 0.05) is 23.7 Å². The number of aliphatic hydroxyl groups is 1. The summed E-state index contributed by atoms with van der Waals surface area (Å²) in [6, 6.07) is 17.0. The minimum Gasteiger partial charge on any atom is -0.392 e. The molecule has 1 heterocycles. The Morgan fingerprint density at radius 1 is 0.964 bits per heavy atom. The van der Waals surface area contributed by atoms with Crippen molar-refractivity contribution in [2.75, 3.05) is 24.6 Å². The highest BCUT2D eigenvalue weighted by molar-refractivity contribution is 8.03. The Labute approximate surface area is 172 Å². The standard InChI is InChI=1S/C20H26N4OS.C2H6/c21-20(19(14-25)23-22)26-18-10-6-16(7-11-18)15-4-8-17(9-5-15)24-12-2-1-3-13-24;1-2/h4-11,23,25H,1-3,12-14,21-22H2;1-2H3/b20-19+;. The molecule has 0 amide bonds. The molecule has 1 aliphatic rings. The molecule has 0 atom stereocenters. The van der Waals surface area contributed by atoms with Crippen molar-refractivity contribution in [3.63, 3.8) is 0 Å². The van der Waals surface area contributed by atoms with Crippen molar-refractivity contribution in [3.8, 4) is 11.1 Å². The number of thioether (sulfide) groups is 1. The van der Waals surface area contributed by atoms with Crippen molar-refractivity contribution in [1.82, 2.24) is 5.43 Å². The smallest absolute Gasteiger partial charge is 0.0935 e. The largest absolute Gasteiger partial charge is 0.392 e. The SMILES string of the molecule is CC.NN/C(CO)=C(\N)Sc1ccc(-c2ccc(N3CCCCC3)cc2)cc1. The molecule has 2 aromatic rings. The fourth-order valence-electron chi connectivity index (χ4n) is 3.12. The van der Waals surface area contributed by atoms with E-state index in [0.29, 0.717) is 10.7 Å². The number of benzene rings is 2. The van der Waals surface area contributed by atoms with Gasteiger partial charge in [-0.1, -0.05) is 49.9 Å². The van der Waals surface area contributed by atoms with Gasteiger partial charge < -0.3 is 21.2 Å². The molecule has 0 bridgehead atoms. The van der Waals surface area contributed by atoms with Crippen LogP contribution in [0.1, 0.15) is 33.1 Å². The van der Waals surface area contributed by atoms with Crippen molar-refractivity contribution < 1.29 is 5.11 Å². The molecule has 3 rings (SSSR count). The van der Waals surface area contributed by atoms with Crippen molar-refractivity contribution >= 4 is 17.4 Å². The number of nitrogens with one attached hydrogen (secondary N) is 1. The summed E-state index contributed by atoms with van der Waals surface area (Å²) in [7, 11) is 0. The lowest BCUT2D eigenvalue weighted by Gasteiger charge is -2.28. The molecule has 5 nitrogen and oxygen atoms in total. The van der Waals surface area contributed by atoms with Gasteiger partial charge in [0.1, 0.15) is 0 Å². The summed E-state index contributed by atoms with van der Waals surface area (Å²) >= 11 is 1.37. The van der Waals surface area contributed by atoms with Gasteiger partial charge in [-0.2, -0.15) is 0 Å². The lowest BCUT2D eigenvalue weighted by Crippen LogP contribution is -2.29. The minimum atomic E-state index is -0.212. The number of hydrogen-bond donors (Lipinski definition) is 4. The molecule has 0 radical (unpaired) electrons. The van der Waals surface area contributed by atoms with E-state index < -0.39 is 0 Å². The number of aliphatic hydroxyl groups excluding tert-OH is 1. The van der Waals surface area contributed by atoms with Crippen LogP contribution in [-0.4, -0.2) is 24.8 Å². The fourth-order valence-corrected chi connectivity index (χ4v) is 3.89. The summed E-state index contributed by atoms with van der Waals surface area (Å²) in [6.45, 7) is 6.11. The molecular weight excluding hydrogens is 368 g/mol. The van der Waals surface area contributed by atoms with Gasteiger partial charge in [0.2, 0.25) is 0 Å². The summed E-state index contributed by atoms with van der Waals surface area (Å²) in [5, 5.41) is 9.65.